The van der Waals surface area contributed by atoms with Gasteiger partial charge in [0.15, 0.2) is 17.6 Å². The third kappa shape index (κ3) is 10.0. The number of hydrogen-bond acceptors (Lipinski definition) is 5. The van der Waals surface area contributed by atoms with Gasteiger partial charge < -0.3 is 20.1 Å². The van der Waals surface area contributed by atoms with Crippen LogP contribution in [0.15, 0.2) is 102 Å². The molecular formula is C32H42O5. The van der Waals surface area contributed by atoms with Crippen molar-refractivity contribution in [2.45, 2.75) is 72.2 Å². The quantitative estimate of drug-likeness (QED) is 0.289. The summed E-state index contributed by atoms with van der Waals surface area (Å²) in [4.78, 5) is 11.8. The van der Waals surface area contributed by atoms with Crippen molar-refractivity contribution in [1.29, 1.82) is 0 Å². The zero-order valence-electron chi connectivity index (χ0n) is 22.7. The van der Waals surface area contributed by atoms with Crippen LogP contribution < -0.4 is 0 Å². The van der Waals surface area contributed by atoms with Gasteiger partial charge in [0.1, 0.15) is 0 Å². The second-order valence-corrected chi connectivity index (χ2v) is 9.86. The molecule has 1 heterocycles. The minimum Gasteiger partial charge on any atom is -0.504 e. The maximum Gasteiger partial charge on any atom is 0.202 e. The first-order valence-corrected chi connectivity index (χ1v) is 13.0. The number of aryl methyl sites for hydroxylation is 1. The molecule has 1 aliphatic rings. The van der Waals surface area contributed by atoms with Crippen LogP contribution in [0.1, 0.15) is 53.0 Å². The summed E-state index contributed by atoms with van der Waals surface area (Å²) in [5.41, 5.74) is 2.61. The van der Waals surface area contributed by atoms with Gasteiger partial charge in [-0.3, -0.25) is 4.79 Å². The molecule has 0 radical (unpaired) electrons. The Kier molecular flexibility index (Phi) is 12.3. The van der Waals surface area contributed by atoms with E-state index in [1.165, 1.54) is 5.56 Å². The van der Waals surface area contributed by atoms with E-state index in [0.29, 0.717) is 0 Å². The van der Waals surface area contributed by atoms with Crippen LogP contribution in [-0.2, 0) is 16.0 Å². The summed E-state index contributed by atoms with van der Waals surface area (Å²) in [6.07, 6.45) is 15.1. The maximum absolute atomic E-state index is 11.8. The van der Waals surface area contributed by atoms with Crippen LogP contribution in [0.2, 0.25) is 0 Å². The van der Waals surface area contributed by atoms with Crippen molar-refractivity contribution in [3.05, 3.63) is 107 Å². The van der Waals surface area contributed by atoms with Crippen molar-refractivity contribution >= 4 is 5.78 Å². The number of aliphatic hydroxyl groups excluding tert-OH is 3. The number of carbonyl (C=O) groups is 1. The number of carbonyl (C=O) groups excluding carboxylic acids is 1. The standard InChI is InChI=1S/C32H42O5/c1-22(13-11-14-23(2)30(34)24(3)18-19-27-15-7-6-8-16-27)12-9-10-17-28(33)20-21-29-32(36)25(4)31(35)26(5)37-29/h6-17,21,23-24,26,28,30,33-34,36H,18-20H2,1-5H3/b12-9+,14-11+,17-10-,22-13+,29-21+/t23-,24+,26+,28+,30+/m0/s1. The molecule has 5 heteroatoms. The van der Waals surface area contributed by atoms with E-state index < -0.39 is 18.3 Å². The molecule has 0 saturated carbocycles. The highest BCUT2D eigenvalue weighted by molar-refractivity contribution is 6.00. The number of hydrogen-bond donors (Lipinski definition) is 3. The van der Waals surface area contributed by atoms with Gasteiger partial charge in [-0.1, -0.05) is 92.3 Å². The van der Waals surface area contributed by atoms with Crippen molar-refractivity contribution in [1.82, 2.24) is 0 Å². The summed E-state index contributed by atoms with van der Waals surface area (Å²) < 4.78 is 5.43. The average Bonchev–Trinajstić information content (AvgIpc) is 2.89. The lowest BCUT2D eigenvalue weighted by Gasteiger charge is -2.23. The SMILES string of the molecule is CC1=C(O)/C(=C\C[C@H](O)\C=C/C=C/C(C)=C/C=C/[C@H](C)[C@@H](O)[C@H](C)CCc2ccccc2)O[C@H](C)C1=O. The Hall–Kier alpha value is -3.15. The first kappa shape index (κ1) is 30.1. The molecule has 0 amide bonds. The Morgan fingerprint density at radius 1 is 1.08 bits per heavy atom. The summed E-state index contributed by atoms with van der Waals surface area (Å²) in [7, 11) is 0. The molecule has 3 N–H and O–H groups in total. The lowest BCUT2D eigenvalue weighted by atomic mass is 9.88. The van der Waals surface area contributed by atoms with Crippen LogP contribution >= 0.6 is 0 Å². The number of benzene rings is 1. The van der Waals surface area contributed by atoms with E-state index in [2.05, 4.69) is 19.1 Å². The molecule has 0 bridgehead atoms. The highest BCUT2D eigenvalue weighted by atomic mass is 16.5. The minimum absolute atomic E-state index is 0.0512. The lowest BCUT2D eigenvalue weighted by molar-refractivity contribution is -0.125. The van der Waals surface area contributed by atoms with Gasteiger partial charge >= 0.3 is 0 Å². The van der Waals surface area contributed by atoms with E-state index in [0.717, 1.165) is 18.4 Å². The zero-order valence-corrected chi connectivity index (χ0v) is 22.7. The molecule has 37 heavy (non-hydrogen) atoms. The molecule has 2 rings (SSSR count). The molecule has 200 valence electrons. The summed E-state index contributed by atoms with van der Waals surface area (Å²) in [6.45, 7) is 9.32. The van der Waals surface area contributed by atoms with Crippen LogP contribution in [0.3, 0.4) is 0 Å². The first-order chi connectivity index (χ1) is 17.6. The molecule has 1 aromatic carbocycles. The zero-order chi connectivity index (χ0) is 27.4. The molecular weight excluding hydrogens is 464 g/mol. The fourth-order valence-corrected chi connectivity index (χ4v) is 4.04. The molecule has 0 unspecified atom stereocenters. The Morgan fingerprint density at radius 2 is 1.78 bits per heavy atom. The number of allylic oxidation sites excluding steroid dienone is 6. The maximum atomic E-state index is 11.8. The Morgan fingerprint density at radius 3 is 2.49 bits per heavy atom. The average molecular weight is 507 g/mol. The second kappa shape index (κ2) is 15.2. The minimum atomic E-state index is -0.753. The van der Waals surface area contributed by atoms with Crippen LogP contribution in [0, 0.1) is 11.8 Å². The van der Waals surface area contributed by atoms with Crippen molar-refractivity contribution in [2.75, 3.05) is 0 Å². The van der Waals surface area contributed by atoms with Gasteiger partial charge in [-0.25, -0.2) is 0 Å². The van der Waals surface area contributed by atoms with Gasteiger partial charge in [0, 0.05) is 11.5 Å². The summed E-state index contributed by atoms with van der Waals surface area (Å²) in [5.74, 6) is 0.0731. The second-order valence-electron chi connectivity index (χ2n) is 9.86. The monoisotopic (exact) mass is 506 g/mol. The van der Waals surface area contributed by atoms with Gasteiger partial charge in [0.05, 0.1) is 12.2 Å². The van der Waals surface area contributed by atoms with Gasteiger partial charge in [-0.15, -0.1) is 0 Å². The van der Waals surface area contributed by atoms with Gasteiger partial charge in [-0.2, -0.15) is 0 Å². The molecule has 0 aromatic heterocycles. The smallest absolute Gasteiger partial charge is 0.202 e. The van der Waals surface area contributed by atoms with E-state index in [9.17, 15) is 20.1 Å². The topological polar surface area (TPSA) is 87.0 Å². The molecule has 0 aliphatic carbocycles. The number of Topliss-reactive ketones (excluding diaryl/α,β-unsaturated/α-hetero) is 1. The predicted molar refractivity (Wildman–Crippen MR) is 150 cm³/mol. The largest absolute Gasteiger partial charge is 0.504 e. The first-order valence-electron chi connectivity index (χ1n) is 13.0. The number of ether oxygens (including phenoxy) is 1. The van der Waals surface area contributed by atoms with E-state index in [-0.39, 0.29) is 41.1 Å². The number of ketones is 1. The van der Waals surface area contributed by atoms with E-state index in [1.807, 2.05) is 62.4 Å². The van der Waals surface area contributed by atoms with Crippen molar-refractivity contribution in [3.8, 4) is 0 Å². The van der Waals surface area contributed by atoms with Crippen LogP contribution in [-0.4, -0.2) is 39.4 Å². The van der Waals surface area contributed by atoms with Gasteiger partial charge in [0.2, 0.25) is 5.78 Å². The number of rotatable bonds is 12. The fourth-order valence-electron chi connectivity index (χ4n) is 4.04. The van der Waals surface area contributed by atoms with Gasteiger partial charge in [-0.05, 0) is 57.6 Å². The number of aliphatic hydroxyl groups is 3. The summed E-state index contributed by atoms with van der Waals surface area (Å²) >= 11 is 0. The Bertz CT molecular complexity index is 1060. The predicted octanol–water partition coefficient (Wildman–Crippen LogP) is 6.32. The fraction of sp³-hybridized carbons (Fsp3) is 0.406. The molecule has 1 aromatic rings. The Labute approximate surface area is 221 Å². The summed E-state index contributed by atoms with van der Waals surface area (Å²) in [6, 6.07) is 10.4. The van der Waals surface area contributed by atoms with Crippen molar-refractivity contribution in [2.24, 2.45) is 11.8 Å². The summed E-state index contributed by atoms with van der Waals surface area (Å²) in [5, 5.41) is 30.9. The van der Waals surface area contributed by atoms with E-state index in [1.54, 1.807) is 32.1 Å². The van der Waals surface area contributed by atoms with Crippen LogP contribution in [0.4, 0.5) is 0 Å². The van der Waals surface area contributed by atoms with E-state index >= 15 is 0 Å². The van der Waals surface area contributed by atoms with Crippen molar-refractivity contribution in [3.63, 3.8) is 0 Å². The van der Waals surface area contributed by atoms with Crippen LogP contribution in [0.25, 0.3) is 0 Å². The highest BCUT2D eigenvalue weighted by Gasteiger charge is 2.28. The molecule has 0 spiro atoms. The Balaban J connectivity index is 1.79. The normalized spacial score (nSPS) is 21.7. The molecule has 0 fully saturated rings. The third-order valence-electron chi connectivity index (χ3n) is 6.61. The molecule has 1 aliphatic heterocycles. The molecule has 5 nitrogen and oxygen atoms in total. The van der Waals surface area contributed by atoms with Crippen LogP contribution in [0.5, 0.6) is 0 Å². The van der Waals surface area contributed by atoms with E-state index in [4.69, 9.17) is 4.74 Å². The van der Waals surface area contributed by atoms with Gasteiger partial charge in [0.25, 0.3) is 0 Å². The third-order valence-corrected chi connectivity index (χ3v) is 6.61. The lowest BCUT2D eigenvalue weighted by Crippen LogP contribution is -2.28. The molecule has 0 saturated heterocycles. The molecule has 5 atom stereocenters. The van der Waals surface area contributed by atoms with Crippen molar-refractivity contribution < 1.29 is 24.9 Å². The highest BCUT2D eigenvalue weighted by Crippen LogP contribution is 2.24.